The van der Waals surface area contributed by atoms with Gasteiger partial charge in [0.25, 0.3) is 5.91 Å². The lowest BCUT2D eigenvalue weighted by molar-refractivity contribution is -0.126. The zero-order valence-corrected chi connectivity index (χ0v) is 13.6. The zero-order chi connectivity index (χ0) is 18.1. The van der Waals surface area contributed by atoms with E-state index in [1.54, 1.807) is 19.1 Å². The maximum absolute atomic E-state index is 13.3. The van der Waals surface area contributed by atoms with E-state index < -0.39 is 17.7 Å². The Morgan fingerprint density at radius 1 is 1.16 bits per heavy atom. The molecule has 0 heterocycles. The van der Waals surface area contributed by atoms with Crippen LogP contribution >= 0.6 is 0 Å². The minimum atomic E-state index is -0.790. The molecular formula is C19H17F2NO3. The van der Waals surface area contributed by atoms with Crippen molar-refractivity contribution in [1.82, 2.24) is 5.32 Å². The van der Waals surface area contributed by atoms with Gasteiger partial charge in [-0.05, 0) is 31.2 Å². The predicted molar refractivity (Wildman–Crippen MR) is 89.2 cm³/mol. The van der Waals surface area contributed by atoms with Crippen LogP contribution in [0.4, 0.5) is 8.78 Å². The quantitative estimate of drug-likeness (QED) is 0.819. The van der Waals surface area contributed by atoms with Crippen molar-refractivity contribution in [3.63, 3.8) is 0 Å². The van der Waals surface area contributed by atoms with E-state index in [0.29, 0.717) is 5.75 Å². The first-order valence-electron chi connectivity index (χ1n) is 7.59. The Balaban J connectivity index is 1.70. The van der Waals surface area contributed by atoms with Crippen molar-refractivity contribution in [2.45, 2.75) is 13.0 Å². The van der Waals surface area contributed by atoms with Gasteiger partial charge >= 0.3 is 0 Å². The lowest BCUT2D eigenvalue weighted by Gasteiger charge is -2.13. The molecule has 0 bridgehead atoms. The Hall–Kier alpha value is -3.07. The molecule has 1 atom stereocenters. The molecule has 2 aromatic carbocycles. The first-order valence-corrected chi connectivity index (χ1v) is 7.59. The summed E-state index contributed by atoms with van der Waals surface area (Å²) in [7, 11) is 0. The molecule has 0 saturated carbocycles. The predicted octanol–water partition coefficient (Wildman–Crippen LogP) is 2.93. The summed E-state index contributed by atoms with van der Waals surface area (Å²) in [5, 5.41) is 2.60. The van der Waals surface area contributed by atoms with Crippen LogP contribution in [0.15, 0.2) is 48.5 Å². The second-order valence-electron chi connectivity index (χ2n) is 5.01. The third kappa shape index (κ3) is 6.15. The smallest absolute Gasteiger partial charge is 0.261 e. The number of halogens is 2. The van der Waals surface area contributed by atoms with Crippen molar-refractivity contribution in [3.05, 3.63) is 60.2 Å². The second-order valence-corrected chi connectivity index (χ2v) is 5.01. The molecule has 25 heavy (non-hydrogen) atoms. The molecule has 2 rings (SSSR count). The molecule has 0 spiro atoms. The minimum absolute atomic E-state index is 0.0749. The number of hydrogen-bond acceptors (Lipinski definition) is 3. The van der Waals surface area contributed by atoms with E-state index in [1.807, 2.05) is 18.2 Å². The summed E-state index contributed by atoms with van der Waals surface area (Å²) in [4.78, 5) is 11.9. The maximum Gasteiger partial charge on any atom is 0.261 e. The van der Waals surface area contributed by atoms with Gasteiger partial charge < -0.3 is 14.8 Å². The van der Waals surface area contributed by atoms with Crippen molar-refractivity contribution in [2.75, 3.05) is 13.2 Å². The number of hydrogen-bond donors (Lipinski definition) is 1. The molecule has 1 N–H and O–H groups in total. The fourth-order valence-electron chi connectivity index (χ4n) is 1.85. The molecule has 1 unspecified atom stereocenters. The van der Waals surface area contributed by atoms with Gasteiger partial charge in [-0.2, -0.15) is 0 Å². The van der Waals surface area contributed by atoms with Crippen molar-refractivity contribution in [3.8, 4) is 23.3 Å². The molecule has 0 aromatic heterocycles. The average molecular weight is 345 g/mol. The molecule has 0 aliphatic rings. The summed E-state index contributed by atoms with van der Waals surface area (Å²) >= 11 is 0. The highest BCUT2D eigenvalue weighted by atomic mass is 19.1. The van der Waals surface area contributed by atoms with Crippen LogP contribution in [0.3, 0.4) is 0 Å². The van der Waals surface area contributed by atoms with Crippen molar-refractivity contribution < 1.29 is 23.0 Å². The van der Waals surface area contributed by atoms with Gasteiger partial charge in [0.1, 0.15) is 18.2 Å². The second kappa shape index (κ2) is 9.28. The number of para-hydroxylation sites is 1. The van der Waals surface area contributed by atoms with Crippen molar-refractivity contribution in [2.24, 2.45) is 0 Å². The van der Waals surface area contributed by atoms with Gasteiger partial charge in [-0.15, -0.1) is 0 Å². The first-order chi connectivity index (χ1) is 12.1. The Labute approximate surface area is 144 Å². The zero-order valence-electron chi connectivity index (χ0n) is 13.6. The highest BCUT2D eigenvalue weighted by molar-refractivity contribution is 5.80. The minimum Gasteiger partial charge on any atom is -0.481 e. The van der Waals surface area contributed by atoms with Crippen LogP contribution in [0.1, 0.15) is 6.92 Å². The lowest BCUT2D eigenvalue weighted by Crippen LogP contribution is -2.36. The lowest BCUT2D eigenvalue weighted by atomic mass is 10.3. The molecule has 0 fully saturated rings. The maximum atomic E-state index is 13.3. The summed E-state index contributed by atoms with van der Waals surface area (Å²) < 4.78 is 36.6. The molecule has 0 aliphatic heterocycles. The van der Waals surface area contributed by atoms with Crippen LogP contribution in [-0.2, 0) is 4.79 Å². The summed E-state index contributed by atoms with van der Waals surface area (Å²) in [5.74, 6) is 4.06. The molecule has 1 amide bonds. The normalized spacial score (nSPS) is 11.0. The van der Waals surface area contributed by atoms with E-state index >= 15 is 0 Å². The molecule has 130 valence electrons. The van der Waals surface area contributed by atoms with Crippen LogP contribution in [0.2, 0.25) is 0 Å². The Morgan fingerprint density at radius 3 is 2.64 bits per heavy atom. The summed E-state index contributed by atoms with van der Waals surface area (Å²) in [6, 6.07) is 12.0. The van der Waals surface area contributed by atoms with Gasteiger partial charge in [0.2, 0.25) is 0 Å². The molecule has 0 saturated heterocycles. The van der Waals surface area contributed by atoms with Crippen LogP contribution in [0.25, 0.3) is 0 Å². The number of nitrogens with one attached hydrogen (secondary N) is 1. The monoisotopic (exact) mass is 345 g/mol. The van der Waals surface area contributed by atoms with E-state index in [0.717, 1.165) is 12.1 Å². The van der Waals surface area contributed by atoms with Crippen LogP contribution in [0.5, 0.6) is 11.5 Å². The fraction of sp³-hybridized carbons (Fsp3) is 0.211. The number of carbonyl (C=O) groups is 1. The number of amides is 1. The SMILES string of the molecule is CC(Oc1ccccc1)C(=O)NCC#CCOc1ccc(F)cc1F. The molecule has 4 nitrogen and oxygen atoms in total. The van der Waals surface area contributed by atoms with Gasteiger partial charge in [0, 0.05) is 6.07 Å². The van der Waals surface area contributed by atoms with Gasteiger partial charge in [-0.3, -0.25) is 4.79 Å². The summed E-state index contributed by atoms with van der Waals surface area (Å²) in [5.41, 5.74) is 0. The fourth-order valence-corrected chi connectivity index (χ4v) is 1.85. The van der Waals surface area contributed by atoms with E-state index in [1.165, 1.54) is 6.07 Å². The number of carbonyl (C=O) groups excluding carboxylic acids is 1. The summed E-state index contributed by atoms with van der Waals surface area (Å²) in [6.45, 7) is 1.67. The molecule has 6 heteroatoms. The largest absolute Gasteiger partial charge is 0.481 e. The van der Waals surface area contributed by atoms with E-state index in [-0.39, 0.29) is 24.8 Å². The van der Waals surface area contributed by atoms with E-state index in [9.17, 15) is 13.6 Å². The topological polar surface area (TPSA) is 47.6 Å². The molecule has 2 aromatic rings. The molecule has 0 aliphatic carbocycles. The number of benzene rings is 2. The van der Waals surface area contributed by atoms with Gasteiger partial charge in [-0.25, -0.2) is 8.78 Å². The average Bonchev–Trinajstić information content (AvgIpc) is 2.60. The van der Waals surface area contributed by atoms with Crippen LogP contribution in [0, 0.1) is 23.5 Å². The standard InChI is InChI=1S/C19H17F2NO3/c1-14(25-16-7-3-2-4-8-16)19(23)22-11-5-6-12-24-18-10-9-15(20)13-17(18)21/h2-4,7-10,13-14H,11-12H2,1H3,(H,22,23). The van der Waals surface area contributed by atoms with E-state index in [4.69, 9.17) is 9.47 Å². The van der Waals surface area contributed by atoms with Crippen molar-refractivity contribution in [1.29, 1.82) is 0 Å². The third-order valence-electron chi connectivity index (χ3n) is 3.10. The molecular weight excluding hydrogens is 328 g/mol. The number of rotatable bonds is 6. The van der Waals surface area contributed by atoms with Gasteiger partial charge in [0.15, 0.2) is 17.7 Å². The highest BCUT2D eigenvalue weighted by Crippen LogP contribution is 2.17. The van der Waals surface area contributed by atoms with Crippen LogP contribution < -0.4 is 14.8 Å². The third-order valence-corrected chi connectivity index (χ3v) is 3.10. The Bertz CT molecular complexity index is 769. The highest BCUT2D eigenvalue weighted by Gasteiger charge is 2.13. The molecule has 0 radical (unpaired) electrons. The van der Waals surface area contributed by atoms with Crippen molar-refractivity contribution >= 4 is 5.91 Å². The summed E-state index contributed by atoms with van der Waals surface area (Å²) in [6.07, 6.45) is -0.659. The van der Waals surface area contributed by atoms with Gasteiger partial charge in [0.05, 0.1) is 6.54 Å². The van der Waals surface area contributed by atoms with Gasteiger partial charge in [-0.1, -0.05) is 30.0 Å². The number of ether oxygens (including phenoxy) is 2. The van der Waals surface area contributed by atoms with E-state index in [2.05, 4.69) is 17.2 Å². The Kier molecular flexibility index (Phi) is 6.78. The Morgan fingerprint density at radius 2 is 1.92 bits per heavy atom. The van der Waals surface area contributed by atoms with Crippen LogP contribution in [-0.4, -0.2) is 25.2 Å². The first kappa shape index (κ1) is 18.3.